The van der Waals surface area contributed by atoms with Gasteiger partial charge in [0.2, 0.25) is 0 Å². The van der Waals surface area contributed by atoms with Crippen molar-refractivity contribution >= 4 is 43.4 Å². The van der Waals surface area contributed by atoms with Crippen molar-refractivity contribution in [2.45, 2.75) is 54.8 Å². The number of benzene rings is 3. The summed E-state index contributed by atoms with van der Waals surface area (Å²) in [5.74, 6) is 0. The van der Waals surface area contributed by atoms with E-state index in [1.54, 1.807) is 23.6 Å². The average molecular weight is 775 g/mol. The van der Waals surface area contributed by atoms with E-state index in [0.29, 0.717) is 11.3 Å². The molecule has 1 radical (unpaired) electrons. The third-order valence-electron chi connectivity index (χ3n) is 7.35. The van der Waals surface area contributed by atoms with Crippen LogP contribution in [0.4, 0.5) is 0 Å². The van der Waals surface area contributed by atoms with E-state index in [1.807, 2.05) is 51.2 Å². The molecular formula is C39H36IrN2OS-2. The van der Waals surface area contributed by atoms with Gasteiger partial charge in [0, 0.05) is 50.2 Å². The molecule has 0 atom stereocenters. The zero-order valence-corrected chi connectivity index (χ0v) is 29.3. The molecule has 4 heterocycles. The van der Waals surface area contributed by atoms with E-state index in [0.717, 1.165) is 38.8 Å². The average Bonchev–Trinajstić information content (AvgIpc) is 3.55. The summed E-state index contributed by atoms with van der Waals surface area (Å²) >= 11 is 1.78. The fourth-order valence-electron chi connectivity index (χ4n) is 5.11. The molecule has 0 aliphatic rings. The first-order chi connectivity index (χ1) is 21.3. The second-order valence-corrected chi connectivity index (χ2v) is 13.5. The standard InChI is InChI=1S/C25H22NOS.C14H14N.Ir/c1-15-10-17-12-22-20(13-23(17)28-15)18-6-5-7-19(24(18)27-22)21-11-16(8-9-26-21)14-25(2,3)4;1-10-4-6-13(7-5-10)14-8-11(2)12(3)9-15-14;/h5-6,8-13H,14H2,1-4H3;4-6,8-9H,1-3H3;/q2*-1;/i14D2;;. The van der Waals surface area contributed by atoms with Crippen molar-refractivity contribution in [3.8, 4) is 22.5 Å². The third kappa shape index (κ3) is 6.86. The summed E-state index contributed by atoms with van der Waals surface area (Å²) in [5.41, 5.74) is 8.87. The van der Waals surface area contributed by atoms with Crippen LogP contribution < -0.4 is 0 Å². The van der Waals surface area contributed by atoms with Crippen LogP contribution in [0.15, 0.2) is 83.5 Å². The zero-order valence-electron chi connectivity index (χ0n) is 28.0. The minimum atomic E-state index is -1.49. The summed E-state index contributed by atoms with van der Waals surface area (Å²) in [4.78, 5) is 10.2. The Hall–Kier alpha value is -3.63. The van der Waals surface area contributed by atoms with Crippen LogP contribution in [0.3, 0.4) is 0 Å². The summed E-state index contributed by atoms with van der Waals surface area (Å²) in [6, 6.07) is 28.7. The maximum Gasteiger partial charge on any atom is 0.121 e. The van der Waals surface area contributed by atoms with Gasteiger partial charge in [-0.05, 0) is 79.2 Å². The topological polar surface area (TPSA) is 38.9 Å². The summed E-state index contributed by atoms with van der Waals surface area (Å²) in [6.07, 6.45) is 2.09. The molecule has 0 N–H and O–H groups in total. The number of hydrogen-bond donors (Lipinski definition) is 0. The predicted molar refractivity (Wildman–Crippen MR) is 182 cm³/mol. The van der Waals surface area contributed by atoms with Crippen molar-refractivity contribution in [3.05, 3.63) is 118 Å². The SMILES string of the molecule is Cc1c[c-]c(-c2cc(C)c(C)cn2)cc1.[2H]C([2H])(c1ccnc(-c2[c-]ccc3c2oc2cc4cc(C)sc4cc23)c1)C(C)(C)C.[Ir]. The Balaban J connectivity index is 0.000000220. The van der Waals surface area contributed by atoms with Crippen LogP contribution in [0.1, 0.15) is 50.6 Å². The van der Waals surface area contributed by atoms with Crippen LogP contribution in [0, 0.1) is 45.2 Å². The van der Waals surface area contributed by atoms with Crippen LogP contribution in [0.25, 0.3) is 54.5 Å². The number of pyridine rings is 2. The maximum atomic E-state index is 8.62. The van der Waals surface area contributed by atoms with Crippen molar-refractivity contribution in [1.29, 1.82) is 0 Å². The van der Waals surface area contributed by atoms with E-state index in [1.165, 1.54) is 31.7 Å². The summed E-state index contributed by atoms with van der Waals surface area (Å²) < 4.78 is 24.8. The Morgan fingerprint density at radius 3 is 2.41 bits per heavy atom. The monoisotopic (exact) mass is 775 g/mol. The van der Waals surface area contributed by atoms with Gasteiger partial charge in [-0.15, -0.1) is 64.9 Å². The molecule has 225 valence electrons. The molecule has 7 aromatic rings. The molecule has 0 spiro atoms. The van der Waals surface area contributed by atoms with E-state index < -0.39 is 11.8 Å². The number of rotatable bonds is 3. The van der Waals surface area contributed by atoms with E-state index >= 15 is 0 Å². The molecule has 3 nitrogen and oxygen atoms in total. The molecular weight excluding hydrogens is 737 g/mol. The Labute approximate surface area is 280 Å². The fourth-order valence-corrected chi connectivity index (χ4v) is 6.05. The van der Waals surface area contributed by atoms with Crippen molar-refractivity contribution in [2.75, 3.05) is 0 Å². The van der Waals surface area contributed by atoms with Gasteiger partial charge in [0.25, 0.3) is 0 Å². The van der Waals surface area contributed by atoms with Gasteiger partial charge in [-0.3, -0.25) is 0 Å². The summed E-state index contributed by atoms with van der Waals surface area (Å²) in [5, 5.41) is 3.29. The third-order valence-corrected chi connectivity index (χ3v) is 8.36. The van der Waals surface area contributed by atoms with E-state index in [9.17, 15) is 0 Å². The van der Waals surface area contributed by atoms with Crippen LogP contribution in [-0.4, -0.2) is 9.97 Å². The number of nitrogens with zero attached hydrogens (tertiary/aromatic N) is 2. The Bertz CT molecular complexity index is 2180. The minimum absolute atomic E-state index is 0. The number of fused-ring (bicyclic) bond motifs is 4. The largest absolute Gasteiger partial charge is 0.501 e. The van der Waals surface area contributed by atoms with Gasteiger partial charge in [0.1, 0.15) is 5.58 Å². The molecule has 4 aromatic heterocycles. The molecule has 0 fully saturated rings. The van der Waals surface area contributed by atoms with E-state index in [4.69, 9.17) is 7.16 Å². The molecule has 0 aliphatic heterocycles. The molecule has 0 aliphatic carbocycles. The van der Waals surface area contributed by atoms with Crippen LogP contribution in [-0.2, 0) is 26.5 Å². The Kier molecular flexibility index (Phi) is 8.45. The molecule has 7 rings (SSSR count). The zero-order chi connectivity index (χ0) is 32.1. The van der Waals surface area contributed by atoms with Crippen LogP contribution in [0.2, 0.25) is 0 Å². The number of aryl methyl sites for hydroxylation is 4. The normalized spacial score (nSPS) is 12.4. The van der Waals surface area contributed by atoms with Crippen LogP contribution >= 0.6 is 11.3 Å². The summed E-state index contributed by atoms with van der Waals surface area (Å²) in [6.45, 7) is 14.1. The fraction of sp³-hybridized carbons (Fsp3) is 0.231. The van der Waals surface area contributed by atoms with Gasteiger partial charge in [-0.25, -0.2) is 0 Å². The first-order valence-corrected chi connectivity index (χ1v) is 15.3. The molecule has 0 unspecified atom stereocenters. The van der Waals surface area contributed by atoms with Gasteiger partial charge in [0.15, 0.2) is 0 Å². The van der Waals surface area contributed by atoms with Gasteiger partial charge in [-0.1, -0.05) is 61.9 Å². The first kappa shape index (κ1) is 29.1. The van der Waals surface area contributed by atoms with E-state index in [2.05, 4.69) is 86.2 Å². The quantitative estimate of drug-likeness (QED) is 0.168. The number of furan rings is 1. The Morgan fingerprint density at radius 1 is 0.864 bits per heavy atom. The van der Waals surface area contributed by atoms with Gasteiger partial charge in [0.05, 0.1) is 5.58 Å². The maximum absolute atomic E-state index is 8.62. The van der Waals surface area contributed by atoms with Crippen molar-refractivity contribution in [2.24, 2.45) is 5.41 Å². The van der Waals surface area contributed by atoms with E-state index in [-0.39, 0.29) is 20.1 Å². The number of hydrogen-bond acceptors (Lipinski definition) is 4. The minimum Gasteiger partial charge on any atom is -0.501 e. The number of aromatic nitrogens is 2. The van der Waals surface area contributed by atoms with Gasteiger partial charge in [-0.2, -0.15) is 0 Å². The van der Waals surface area contributed by atoms with Gasteiger partial charge < -0.3 is 14.4 Å². The second-order valence-electron chi connectivity index (χ2n) is 12.2. The molecule has 0 amide bonds. The first-order valence-electron chi connectivity index (χ1n) is 15.5. The van der Waals surface area contributed by atoms with Crippen molar-refractivity contribution in [1.82, 2.24) is 9.97 Å². The molecule has 5 heteroatoms. The predicted octanol–water partition coefficient (Wildman–Crippen LogP) is 11.0. The Morgan fingerprint density at radius 2 is 1.68 bits per heavy atom. The molecule has 0 saturated heterocycles. The molecule has 0 saturated carbocycles. The second kappa shape index (κ2) is 12.8. The van der Waals surface area contributed by atoms with Crippen molar-refractivity contribution in [3.63, 3.8) is 0 Å². The van der Waals surface area contributed by atoms with Crippen LogP contribution in [0.5, 0.6) is 0 Å². The molecule has 3 aromatic carbocycles. The summed E-state index contributed by atoms with van der Waals surface area (Å²) in [7, 11) is 0. The van der Waals surface area contributed by atoms with Gasteiger partial charge >= 0.3 is 0 Å². The molecule has 44 heavy (non-hydrogen) atoms. The molecule has 0 bridgehead atoms. The van der Waals surface area contributed by atoms with Crippen molar-refractivity contribution < 1.29 is 27.3 Å². The number of thiophene rings is 1. The smallest absolute Gasteiger partial charge is 0.121 e.